The molecule has 2 aromatic rings. The van der Waals surface area contributed by atoms with Crippen LogP contribution in [0.25, 0.3) is 0 Å². The number of rotatable bonds is 2. The zero-order chi connectivity index (χ0) is 20.8. The Bertz CT molecular complexity index is 758. The monoisotopic (exact) mass is 345 g/mol. The maximum absolute atomic E-state index is 11.7. The number of halogens is 1. The van der Waals surface area contributed by atoms with Crippen molar-refractivity contribution in [3.63, 3.8) is 0 Å². The van der Waals surface area contributed by atoms with E-state index in [0.717, 1.165) is 23.8 Å². The van der Waals surface area contributed by atoms with E-state index in [4.69, 9.17) is 13.3 Å². The highest BCUT2D eigenvalue weighted by Gasteiger charge is 2.17. The summed E-state index contributed by atoms with van der Waals surface area (Å²) in [4.78, 5) is 9.60. The van der Waals surface area contributed by atoms with Gasteiger partial charge in [-0.05, 0) is 13.7 Å². The Labute approximate surface area is 139 Å². The molecule has 10 heteroatoms. The van der Waals surface area contributed by atoms with Gasteiger partial charge in [0.25, 0.3) is 0 Å². The van der Waals surface area contributed by atoms with E-state index in [1.165, 1.54) is 26.5 Å². The molecule has 2 N–H and O–H groups in total. The molecule has 21 heavy (non-hydrogen) atoms. The van der Waals surface area contributed by atoms with Gasteiger partial charge in [0.15, 0.2) is 0 Å². The van der Waals surface area contributed by atoms with Crippen LogP contribution in [0.1, 0.15) is 19.9 Å². The maximum Gasteiger partial charge on any atom is 0.308 e. The van der Waals surface area contributed by atoms with Gasteiger partial charge in [0.2, 0.25) is 0 Å². The molecule has 0 spiro atoms. The van der Waals surface area contributed by atoms with E-state index in [9.17, 15) is 8.42 Å². The quantitative estimate of drug-likeness (QED) is 0.829. The van der Waals surface area contributed by atoms with Crippen molar-refractivity contribution in [2.45, 2.75) is 13.7 Å². The van der Waals surface area contributed by atoms with Crippen LogP contribution in [-0.2, 0) is 10.2 Å². The van der Waals surface area contributed by atoms with E-state index < -0.39 is 29.7 Å². The van der Waals surface area contributed by atoms with E-state index in [1.807, 2.05) is 0 Å². The number of aliphatic hydroxyl groups excluding tert-OH is 1. The van der Waals surface area contributed by atoms with Gasteiger partial charge in [-0.3, -0.25) is 0 Å². The first-order chi connectivity index (χ1) is 11.8. The van der Waals surface area contributed by atoms with Gasteiger partial charge in [-0.1, -0.05) is 0 Å². The van der Waals surface area contributed by atoms with Gasteiger partial charge in [-0.25, -0.2) is 13.9 Å². The molecule has 2 heterocycles. The van der Waals surface area contributed by atoms with E-state index in [2.05, 4.69) is 15.0 Å². The number of aromatic nitrogens is 4. The number of aryl methyl sites for hydroxylation is 2. The van der Waals surface area contributed by atoms with Crippen LogP contribution in [0.5, 0.6) is 0 Å². The van der Waals surface area contributed by atoms with E-state index >= 15 is 0 Å². The number of aromatic amines is 1. The summed E-state index contributed by atoms with van der Waals surface area (Å²) in [6.45, 7) is -4.64. The van der Waals surface area contributed by atoms with Crippen molar-refractivity contribution >= 4 is 22.6 Å². The number of aliphatic hydroxyl groups is 1. The molecular formula is C11H22ClN5O3S. The Morgan fingerprint density at radius 3 is 2.33 bits per heavy atom. The average Bonchev–Trinajstić information content (AvgIpc) is 3.20. The molecule has 0 saturated carbocycles. The van der Waals surface area contributed by atoms with E-state index in [-0.39, 0.29) is 18.2 Å². The largest absolute Gasteiger partial charge is 0.400 e. The van der Waals surface area contributed by atoms with Gasteiger partial charge < -0.3 is 10.1 Å². The molecule has 0 aromatic carbocycles. The summed E-state index contributed by atoms with van der Waals surface area (Å²) in [6, 6.07) is 0. The number of nitrogens with one attached hydrogen (secondary N) is 1. The first-order valence-electron chi connectivity index (χ1n) is 8.19. The van der Waals surface area contributed by atoms with Crippen LogP contribution in [0.3, 0.4) is 0 Å². The second-order valence-corrected chi connectivity index (χ2v) is 5.29. The zero-order valence-electron chi connectivity index (χ0n) is 17.7. The van der Waals surface area contributed by atoms with Gasteiger partial charge in [0.05, 0.1) is 0 Å². The molecule has 0 radical (unpaired) electrons. The average molecular weight is 346 g/mol. The van der Waals surface area contributed by atoms with E-state index in [0.29, 0.717) is 3.97 Å². The van der Waals surface area contributed by atoms with Crippen LogP contribution in [0, 0.1) is 13.7 Å². The van der Waals surface area contributed by atoms with Gasteiger partial charge in [0.1, 0.15) is 11.6 Å². The second kappa shape index (κ2) is 10.3. The number of nitrogens with zero attached hydrogens (tertiary/aromatic N) is 4. The van der Waals surface area contributed by atoms with Crippen LogP contribution < -0.4 is 0 Å². The fourth-order valence-electron chi connectivity index (χ4n) is 0.919. The SMILES string of the molecule is CO.Cl.[2H]C([2H])([2H])c1ncc[nH]1.[2H]C([2H])([2H])c1nccn1S(=O)(=O)N(C)C. The molecule has 2 rings (SSSR count). The van der Waals surface area contributed by atoms with Gasteiger partial charge in [0, 0.05) is 54.2 Å². The lowest BCUT2D eigenvalue weighted by Crippen LogP contribution is -2.29. The normalized spacial score (nSPS) is 15.3. The minimum atomic E-state index is -3.82. The lowest BCUT2D eigenvalue weighted by molar-refractivity contribution is 0.399. The maximum atomic E-state index is 11.7. The van der Waals surface area contributed by atoms with Crippen molar-refractivity contribution < 1.29 is 21.7 Å². The highest BCUT2D eigenvalue weighted by Crippen LogP contribution is 2.03. The molecule has 2 aromatic heterocycles. The summed E-state index contributed by atoms with van der Waals surface area (Å²) >= 11 is 0. The molecule has 0 bridgehead atoms. The number of H-pyrrole nitrogens is 1. The number of imidazole rings is 2. The molecular weight excluding hydrogens is 318 g/mol. The van der Waals surface area contributed by atoms with Crippen LogP contribution >= 0.6 is 12.4 Å². The summed E-state index contributed by atoms with van der Waals surface area (Å²) in [6.07, 6.45) is 5.16. The topological polar surface area (TPSA) is 104 Å². The third kappa shape index (κ3) is 6.71. The first kappa shape index (κ1) is 12.2. The Morgan fingerprint density at radius 2 is 1.95 bits per heavy atom. The van der Waals surface area contributed by atoms with Crippen molar-refractivity contribution in [2.24, 2.45) is 0 Å². The minimum absolute atomic E-state index is 0. The highest BCUT2D eigenvalue weighted by molar-refractivity contribution is 7.87. The predicted molar refractivity (Wildman–Crippen MR) is 83.7 cm³/mol. The Balaban J connectivity index is 0. The van der Waals surface area contributed by atoms with Crippen molar-refractivity contribution in [1.29, 1.82) is 0 Å². The lowest BCUT2D eigenvalue weighted by atomic mass is 10.8. The number of hydrogen-bond donors (Lipinski definition) is 2. The van der Waals surface area contributed by atoms with Crippen molar-refractivity contribution in [1.82, 2.24) is 23.2 Å². The van der Waals surface area contributed by atoms with Crippen LogP contribution in [-0.4, -0.2) is 58.0 Å². The lowest BCUT2D eigenvalue weighted by Gasteiger charge is -2.12. The molecule has 0 aliphatic rings. The van der Waals surface area contributed by atoms with E-state index in [1.54, 1.807) is 0 Å². The molecule has 0 fully saturated rings. The van der Waals surface area contributed by atoms with Crippen LogP contribution in [0.15, 0.2) is 24.8 Å². The minimum Gasteiger partial charge on any atom is -0.400 e. The summed E-state index contributed by atoms with van der Waals surface area (Å²) in [5.74, 6) is -0.418. The Hall–Kier alpha value is -1.42. The van der Waals surface area contributed by atoms with Crippen molar-refractivity contribution in [3.8, 4) is 0 Å². The van der Waals surface area contributed by atoms with Gasteiger partial charge in [-0.2, -0.15) is 12.7 Å². The molecule has 0 atom stereocenters. The third-order valence-corrected chi connectivity index (χ3v) is 3.53. The Kier molecular flexibility index (Phi) is 5.98. The first-order valence-corrected chi connectivity index (χ1v) is 6.59. The summed E-state index contributed by atoms with van der Waals surface area (Å²) in [5, 5.41) is 7.00. The summed E-state index contributed by atoms with van der Waals surface area (Å²) in [7, 11) is -0.184. The zero-order valence-corrected chi connectivity index (χ0v) is 13.3. The molecule has 0 aliphatic heterocycles. The summed E-state index contributed by atoms with van der Waals surface area (Å²) in [5.41, 5.74) is 0. The second-order valence-electron chi connectivity index (χ2n) is 3.27. The molecule has 0 amide bonds. The molecule has 0 aliphatic carbocycles. The molecule has 8 nitrogen and oxygen atoms in total. The summed E-state index contributed by atoms with van der Waals surface area (Å²) < 4.78 is 66.7. The highest BCUT2D eigenvalue weighted by atomic mass is 35.5. The van der Waals surface area contributed by atoms with Gasteiger partial charge >= 0.3 is 10.2 Å². The smallest absolute Gasteiger partial charge is 0.308 e. The predicted octanol–water partition coefficient (Wildman–Crippen LogP) is 0.594. The number of hydrogen-bond acceptors (Lipinski definition) is 5. The Morgan fingerprint density at radius 1 is 1.29 bits per heavy atom. The van der Waals surface area contributed by atoms with Gasteiger partial charge in [-0.15, -0.1) is 12.4 Å². The molecule has 0 unspecified atom stereocenters. The molecule has 0 saturated heterocycles. The fourth-order valence-corrected chi connectivity index (χ4v) is 1.75. The van der Waals surface area contributed by atoms with Crippen molar-refractivity contribution in [3.05, 3.63) is 36.4 Å². The molecule has 122 valence electrons. The van der Waals surface area contributed by atoms with Crippen LogP contribution in [0.2, 0.25) is 0 Å². The standard InChI is InChI=1S/C6H11N3O2S.C4H6N2.CH4O.ClH/c1-6-7-4-5-9(6)12(10,11)8(2)3;1-4-5-2-3-6-4;1-2;/h4-5H,1-3H3;2-3H,1H3,(H,5,6);2H,1H3;1H/i2*1D3;;. The van der Waals surface area contributed by atoms with Crippen LogP contribution in [0.4, 0.5) is 0 Å². The van der Waals surface area contributed by atoms with Crippen molar-refractivity contribution in [2.75, 3.05) is 21.2 Å². The third-order valence-electron chi connectivity index (χ3n) is 1.82. The fraction of sp³-hybridized carbons (Fsp3) is 0.455.